The Bertz CT molecular complexity index is 513. The normalized spacial score (nSPS) is 14.5. The molecule has 0 fully saturated rings. The van der Waals surface area contributed by atoms with E-state index in [-0.39, 0.29) is 24.1 Å². The molecule has 0 saturated carbocycles. The van der Waals surface area contributed by atoms with Crippen LogP contribution in [-0.4, -0.2) is 59.2 Å². The number of thiol groups is 1. The van der Waals surface area contributed by atoms with Crippen molar-refractivity contribution in [2.45, 2.75) is 52.2 Å². The van der Waals surface area contributed by atoms with Crippen LogP contribution < -0.4 is 21.7 Å². The van der Waals surface area contributed by atoms with Crippen LogP contribution >= 0.6 is 12.6 Å². The average Bonchev–Trinajstić information content (AvgIpc) is 2.54. The summed E-state index contributed by atoms with van der Waals surface area (Å²) < 4.78 is 0. The molecule has 0 aliphatic rings. The molecule has 6 N–H and O–H groups in total. The van der Waals surface area contributed by atoms with Gasteiger partial charge in [0.1, 0.15) is 12.1 Å². The van der Waals surface area contributed by atoms with Crippen LogP contribution in [-0.2, 0) is 19.2 Å². The first-order valence-corrected chi connectivity index (χ1v) is 9.09. The number of carbonyl (C=O) groups excluding carboxylic acids is 3. The molecule has 0 radical (unpaired) electrons. The number of nitrogens with one attached hydrogen (secondary N) is 3. The summed E-state index contributed by atoms with van der Waals surface area (Å²) in [6.45, 7) is 6.76. The number of carboxylic acids is 1. The summed E-state index contributed by atoms with van der Waals surface area (Å²) in [5.74, 6) is -2.90. The van der Waals surface area contributed by atoms with E-state index in [1.807, 2.05) is 13.8 Å². The third-order valence-corrected chi connectivity index (χ3v) is 3.94. The number of hydrogen-bond donors (Lipinski definition) is 6. The minimum atomic E-state index is -1.14. The Morgan fingerprint density at radius 2 is 1.62 bits per heavy atom. The monoisotopic (exact) mass is 390 g/mol. The fourth-order valence-electron chi connectivity index (χ4n) is 2.10. The molecule has 0 aromatic heterocycles. The van der Waals surface area contributed by atoms with Gasteiger partial charge in [-0.2, -0.15) is 12.6 Å². The SMILES string of the molecule is CC(C)CC(NC(=O)CNC(=O)C(N)CS)C(=O)NC(C(=O)O)C(C)C. The Kier molecular flexibility index (Phi) is 10.9. The van der Waals surface area contributed by atoms with E-state index < -0.39 is 41.8 Å². The quantitative estimate of drug-likeness (QED) is 0.252. The van der Waals surface area contributed by atoms with E-state index in [1.165, 1.54) is 0 Å². The van der Waals surface area contributed by atoms with Gasteiger partial charge in [-0.1, -0.05) is 27.7 Å². The lowest BCUT2D eigenvalue weighted by molar-refractivity contribution is -0.143. The topological polar surface area (TPSA) is 151 Å². The molecule has 3 unspecified atom stereocenters. The minimum Gasteiger partial charge on any atom is -0.480 e. The smallest absolute Gasteiger partial charge is 0.326 e. The van der Waals surface area contributed by atoms with E-state index in [2.05, 4.69) is 28.6 Å². The highest BCUT2D eigenvalue weighted by Crippen LogP contribution is 2.08. The summed E-state index contributed by atoms with van der Waals surface area (Å²) in [5, 5.41) is 16.5. The molecule has 0 aromatic carbocycles. The third-order valence-electron chi connectivity index (χ3n) is 3.55. The van der Waals surface area contributed by atoms with E-state index in [4.69, 9.17) is 5.73 Å². The molecule has 0 saturated heterocycles. The number of rotatable bonds is 11. The highest BCUT2D eigenvalue weighted by atomic mass is 32.1. The fourth-order valence-corrected chi connectivity index (χ4v) is 2.26. The van der Waals surface area contributed by atoms with Crippen LogP contribution in [0.2, 0.25) is 0 Å². The van der Waals surface area contributed by atoms with Gasteiger partial charge in [0.25, 0.3) is 0 Å². The van der Waals surface area contributed by atoms with Crippen LogP contribution in [0, 0.1) is 11.8 Å². The molecule has 9 nitrogen and oxygen atoms in total. The van der Waals surface area contributed by atoms with Gasteiger partial charge in [0.2, 0.25) is 17.7 Å². The first-order chi connectivity index (χ1) is 12.0. The van der Waals surface area contributed by atoms with Crippen molar-refractivity contribution in [1.29, 1.82) is 0 Å². The van der Waals surface area contributed by atoms with Crippen molar-refractivity contribution in [2.24, 2.45) is 17.6 Å². The number of amides is 3. The van der Waals surface area contributed by atoms with Gasteiger partial charge in [-0.25, -0.2) is 4.79 Å². The van der Waals surface area contributed by atoms with Crippen LogP contribution in [0.15, 0.2) is 0 Å². The Morgan fingerprint density at radius 3 is 2.04 bits per heavy atom. The summed E-state index contributed by atoms with van der Waals surface area (Å²) in [6.07, 6.45) is 0.326. The molecule has 0 aromatic rings. The average molecular weight is 391 g/mol. The van der Waals surface area contributed by atoms with Gasteiger partial charge in [0.15, 0.2) is 0 Å². The van der Waals surface area contributed by atoms with Crippen molar-refractivity contribution in [2.75, 3.05) is 12.3 Å². The maximum Gasteiger partial charge on any atom is 0.326 e. The third kappa shape index (κ3) is 9.04. The van der Waals surface area contributed by atoms with Gasteiger partial charge >= 0.3 is 5.97 Å². The Labute approximate surface area is 159 Å². The molecule has 0 aliphatic heterocycles. The van der Waals surface area contributed by atoms with Gasteiger partial charge < -0.3 is 26.8 Å². The van der Waals surface area contributed by atoms with Crippen molar-refractivity contribution in [3.05, 3.63) is 0 Å². The zero-order valence-corrected chi connectivity index (χ0v) is 16.5. The molecule has 26 heavy (non-hydrogen) atoms. The Morgan fingerprint density at radius 1 is 1.04 bits per heavy atom. The maximum absolute atomic E-state index is 12.4. The number of carbonyl (C=O) groups is 4. The second-order valence-corrected chi connectivity index (χ2v) is 7.19. The van der Waals surface area contributed by atoms with Crippen molar-refractivity contribution in [1.82, 2.24) is 16.0 Å². The molecule has 0 rings (SSSR count). The zero-order valence-electron chi connectivity index (χ0n) is 15.6. The predicted octanol–water partition coefficient (Wildman–Crippen LogP) is -0.884. The number of carboxylic acid groups (broad SMARTS) is 1. The maximum atomic E-state index is 12.4. The lowest BCUT2D eigenvalue weighted by atomic mass is 10.0. The summed E-state index contributed by atoms with van der Waals surface area (Å²) in [6, 6.07) is -2.79. The molecule has 0 spiro atoms. The van der Waals surface area contributed by atoms with Crippen LogP contribution in [0.25, 0.3) is 0 Å². The van der Waals surface area contributed by atoms with Gasteiger partial charge in [-0.3, -0.25) is 14.4 Å². The molecule has 0 aliphatic carbocycles. The van der Waals surface area contributed by atoms with Crippen LogP contribution in [0.1, 0.15) is 34.1 Å². The standard InChI is InChI=1S/C16H30N4O5S/c1-8(2)5-11(15(23)20-13(9(3)4)16(24)25)19-12(21)6-18-14(22)10(17)7-26/h8-11,13,26H,5-7,17H2,1-4H3,(H,18,22)(H,19,21)(H,20,23)(H,24,25). The highest BCUT2D eigenvalue weighted by Gasteiger charge is 2.29. The van der Waals surface area contributed by atoms with Crippen molar-refractivity contribution < 1.29 is 24.3 Å². The van der Waals surface area contributed by atoms with E-state index in [0.717, 1.165) is 0 Å². The summed E-state index contributed by atoms with van der Waals surface area (Å²) in [5.41, 5.74) is 5.49. The number of hydrogen-bond acceptors (Lipinski definition) is 6. The summed E-state index contributed by atoms with van der Waals surface area (Å²) in [4.78, 5) is 47.3. The van der Waals surface area contributed by atoms with Crippen LogP contribution in [0.5, 0.6) is 0 Å². The Hall–Kier alpha value is -1.81. The second kappa shape index (κ2) is 11.7. The molecule has 0 bridgehead atoms. The molecular formula is C16H30N4O5S. The van der Waals surface area contributed by atoms with E-state index in [1.54, 1.807) is 13.8 Å². The number of nitrogens with two attached hydrogens (primary N) is 1. The molecule has 3 atom stereocenters. The first kappa shape index (κ1) is 24.2. The zero-order chi connectivity index (χ0) is 20.4. The first-order valence-electron chi connectivity index (χ1n) is 8.46. The van der Waals surface area contributed by atoms with Gasteiger partial charge in [0.05, 0.1) is 12.6 Å². The largest absolute Gasteiger partial charge is 0.480 e. The van der Waals surface area contributed by atoms with Crippen LogP contribution in [0.3, 0.4) is 0 Å². The van der Waals surface area contributed by atoms with E-state index in [9.17, 15) is 24.3 Å². The molecular weight excluding hydrogens is 360 g/mol. The van der Waals surface area contributed by atoms with Gasteiger partial charge in [0, 0.05) is 5.75 Å². The fraction of sp³-hybridized carbons (Fsp3) is 0.750. The molecule has 3 amide bonds. The van der Waals surface area contributed by atoms with Gasteiger partial charge in [-0.05, 0) is 18.3 Å². The van der Waals surface area contributed by atoms with Crippen LogP contribution in [0.4, 0.5) is 0 Å². The molecule has 0 heterocycles. The van der Waals surface area contributed by atoms with E-state index >= 15 is 0 Å². The minimum absolute atomic E-state index is 0.0839. The molecule has 150 valence electrons. The predicted molar refractivity (Wildman–Crippen MR) is 101 cm³/mol. The van der Waals surface area contributed by atoms with Crippen molar-refractivity contribution >= 4 is 36.3 Å². The summed E-state index contributed by atoms with van der Waals surface area (Å²) in [7, 11) is 0. The van der Waals surface area contributed by atoms with Crippen molar-refractivity contribution in [3.8, 4) is 0 Å². The Balaban J connectivity index is 4.87. The van der Waals surface area contributed by atoms with Gasteiger partial charge in [-0.15, -0.1) is 0 Å². The lowest BCUT2D eigenvalue weighted by Gasteiger charge is -2.24. The second-order valence-electron chi connectivity index (χ2n) is 6.83. The molecule has 10 heteroatoms. The summed E-state index contributed by atoms with van der Waals surface area (Å²) >= 11 is 3.90. The number of aliphatic carboxylic acids is 1. The highest BCUT2D eigenvalue weighted by molar-refractivity contribution is 7.80. The van der Waals surface area contributed by atoms with E-state index in [0.29, 0.717) is 6.42 Å². The lowest BCUT2D eigenvalue weighted by Crippen LogP contribution is -2.55. The van der Waals surface area contributed by atoms with Crippen molar-refractivity contribution in [3.63, 3.8) is 0 Å².